The van der Waals surface area contributed by atoms with Gasteiger partial charge in [0.2, 0.25) is 0 Å². The van der Waals surface area contributed by atoms with E-state index in [9.17, 15) is 5.11 Å². The molecule has 1 aliphatic heterocycles. The topological polar surface area (TPSA) is 71.2 Å². The molecule has 1 saturated heterocycles. The third-order valence-corrected chi connectivity index (χ3v) is 3.80. The number of hydrogen-bond acceptors (Lipinski definition) is 5. The Morgan fingerprint density at radius 2 is 2.25 bits per heavy atom. The highest BCUT2D eigenvalue weighted by Crippen LogP contribution is 2.57. The highest BCUT2D eigenvalue weighted by molar-refractivity contribution is 5.16. The summed E-state index contributed by atoms with van der Waals surface area (Å²) in [4.78, 5) is 4.35. The van der Waals surface area contributed by atoms with Gasteiger partial charge < -0.3 is 14.9 Å². The van der Waals surface area contributed by atoms with Crippen LogP contribution in [-0.2, 0) is 5.60 Å². The van der Waals surface area contributed by atoms with Gasteiger partial charge in [0.05, 0.1) is 0 Å². The largest absolute Gasteiger partial charge is 0.379 e. The van der Waals surface area contributed by atoms with Crippen molar-refractivity contribution in [2.24, 2.45) is 5.41 Å². The molecular formula is C11H17N3O2. The number of nitrogens with zero attached hydrogens (tertiary/aromatic N) is 2. The molecule has 0 aromatic carbocycles. The Morgan fingerprint density at radius 3 is 2.81 bits per heavy atom. The van der Waals surface area contributed by atoms with Gasteiger partial charge in [0.15, 0.2) is 11.4 Å². The summed E-state index contributed by atoms with van der Waals surface area (Å²) >= 11 is 0. The molecule has 1 saturated carbocycles. The van der Waals surface area contributed by atoms with Crippen molar-refractivity contribution >= 4 is 0 Å². The van der Waals surface area contributed by atoms with Gasteiger partial charge in [-0.2, -0.15) is 4.98 Å². The Kier molecular flexibility index (Phi) is 1.95. The molecular weight excluding hydrogens is 206 g/mol. The second kappa shape index (κ2) is 3.05. The van der Waals surface area contributed by atoms with E-state index in [1.54, 1.807) is 0 Å². The molecule has 2 atom stereocenters. The molecule has 1 aliphatic carbocycles. The average molecular weight is 223 g/mol. The van der Waals surface area contributed by atoms with Crippen LogP contribution in [0.15, 0.2) is 4.52 Å². The molecule has 2 N–H and O–H groups in total. The van der Waals surface area contributed by atoms with Crippen LogP contribution in [0.3, 0.4) is 0 Å². The molecule has 5 nitrogen and oxygen atoms in total. The van der Waals surface area contributed by atoms with Gasteiger partial charge in [-0.15, -0.1) is 0 Å². The van der Waals surface area contributed by atoms with Crippen LogP contribution in [0, 0.1) is 5.41 Å². The molecule has 88 valence electrons. The average Bonchev–Trinajstić information content (AvgIpc) is 2.68. The van der Waals surface area contributed by atoms with Crippen LogP contribution in [0.1, 0.15) is 44.3 Å². The second-order valence-electron chi connectivity index (χ2n) is 5.66. The molecule has 0 radical (unpaired) electrons. The van der Waals surface area contributed by atoms with E-state index >= 15 is 0 Å². The van der Waals surface area contributed by atoms with E-state index in [0.29, 0.717) is 24.8 Å². The maximum Gasteiger partial charge on any atom is 0.259 e. The fourth-order valence-corrected chi connectivity index (χ4v) is 2.33. The Hall–Kier alpha value is -0.940. The van der Waals surface area contributed by atoms with Crippen molar-refractivity contribution in [3.63, 3.8) is 0 Å². The number of aromatic nitrogens is 2. The third-order valence-electron chi connectivity index (χ3n) is 3.80. The summed E-state index contributed by atoms with van der Waals surface area (Å²) < 4.78 is 5.20. The lowest BCUT2D eigenvalue weighted by molar-refractivity contribution is 0.0243. The Morgan fingerprint density at radius 1 is 1.50 bits per heavy atom. The van der Waals surface area contributed by atoms with Crippen LogP contribution in [-0.4, -0.2) is 28.3 Å². The van der Waals surface area contributed by atoms with Gasteiger partial charge in [-0.05, 0) is 24.8 Å². The minimum absolute atomic E-state index is 0.289. The van der Waals surface area contributed by atoms with Crippen molar-refractivity contribution in [3.8, 4) is 0 Å². The summed E-state index contributed by atoms with van der Waals surface area (Å²) in [7, 11) is 0. The number of rotatable bonds is 2. The Balaban J connectivity index is 1.83. The van der Waals surface area contributed by atoms with Gasteiger partial charge in [-0.3, -0.25) is 0 Å². The maximum atomic E-state index is 10.2. The molecule has 3 rings (SSSR count). The zero-order valence-corrected chi connectivity index (χ0v) is 9.66. The van der Waals surface area contributed by atoms with Crippen LogP contribution in [0.4, 0.5) is 0 Å². The van der Waals surface area contributed by atoms with Gasteiger partial charge in [0.1, 0.15) is 0 Å². The molecule has 16 heavy (non-hydrogen) atoms. The van der Waals surface area contributed by atoms with Crippen molar-refractivity contribution in [2.75, 3.05) is 13.1 Å². The quantitative estimate of drug-likeness (QED) is 0.774. The van der Waals surface area contributed by atoms with Gasteiger partial charge in [-0.1, -0.05) is 19.0 Å². The number of β-amino-alcohol motifs (C(OH)–C–C–N with tert-alkyl or cyclic N) is 1. The number of aliphatic hydroxyl groups is 1. The first-order valence-corrected chi connectivity index (χ1v) is 5.78. The van der Waals surface area contributed by atoms with Gasteiger partial charge in [-0.25, -0.2) is 0 Å². The second-order valence-corrected chi connectivity index (χ2v) is 5.66. The van der Waals surface area contributed by atoms with Crippen LogP contribution in [0.25, 0.3) is 0 Å². The summed E-state index contributed by atoms with van der Waals surface area (Å²) in [5, 5.41) is 17.3. The molecule has 2 aliphatic rings. The van der Waals surface area contributed by atoms with E-state index in [-0.39, 0.29) is 5.41 Å². The lowest BCUT2D eigenvalue weighted by Crippen LogP contribution is -2.28. The fraction of sp³-hybridized carbons (Fsp3) is 0.818. The molecule has 0 spiro atoms. The highest BCUT2D eigenvalue weighted by atomic mass is 16.5. The van der Waals surface area contributed by atoms with E-state index in [1.165, 1.54) is 0 Å². The van der Waals surface area contributed by atoms with Crippen molar-refractivity contribution in [3.05, 3.63) is 11.7 Å². The molecule has 0 amide bonds. The van der Waals surface area contributed by atoms with Crippen LogP contribution in [0.2, 0.25) is 0 Å². The predicted octanol–water partition coefficient (Wildman–Crippen LogP) is 0.764. The Labute approximate surface area is 94.2 Å². The van der Waals surface area contributed by atoms with Crippen LogP contribution < -0.4 is 5.32 Å². The number of nitrogens with one attached hydrogen (secondary N) is 1. The summed E-state index contributed by atoms with van der Waals surface area (Å²) in [5.74, 6) is 1.51. The number of hydrogen-bond donors (Lipinski definition) is 2. The van der Waals surface area contributed by atoms with Crippen molar-refractivity contribution in [2.45, 2.75) is 38.2 Å². The summed E-state index contributed by atoms with van der Waals surface area (Å²) in [6.45, 7) is 5.69. The van der Waals surface area contributed by atoms with E-state index < -0.39 is 5.60 Å². The highest BCUT2D eigenvalue weighted by Gasteiger charge is 2.50. The first-order valence-electron chi connectivity index (χ1n) is 5.78. The zero-order chi connectivity index (χ0) is 11.4. The monoisotopic (exact) mass is 223 g/mol. The van der Waals surface area contributed by atoms with Crippen LogP contribution >= 0.6 is 0 Å². The smallest absolute Gasteiger partial charge is 0.259 e. The zero-order valence-electron chi connectivity index (χ0n) is 9.66. The predicted molar refractivity (Wildman–Crippen MR) is 56.8 cm³/mol. The van der Waals surface area contributed by atoms with Crippen molar-refractivity contribution in [1.82, 2.24) is 15.5 Å². The van der Waals surface area contributed by atoms with Gasteiger partial charge >= 0.3 is 0 Å². The lowest BCUT2D eigenvalue weighted by Gasteiger charge is -2.14. The molecule has 1 aromatic heterocycles. The molecule has 0 bridgehead atoms. The van der Waals surface area contributed by atoms with E-state index in [4.69, 9.17) is 4.52 Å². The minimum atomic E-state index is -0.954. The van der Waals surface area contributed by atoms with E-state index in [1.807, 2.05) is 0 Å². The van der Waals surface area contributed by atoms with E-state index in [0.717, 1.165) is 18.8 Å². The first kappa shape index (κ1) is 10.2. The minimum Gasteiger partial charge on any atom is -0.379 e. The molecule has 1 aromatic rings. The van der Waals surface area contributed by atoms with E-state index in [2.05, 4.69) is 29.3 Å². The van der Waals surface area contributed by atoms with Crippen molar-refractivity contribution < 1.29 is 9.63 Å². The normalized spacial score (nSPS) is 36.6. The molecule has 2 heterocycles. The third kappa shape index (κ3) is 1.46. The maximum absolute atomic E-state index is 10.2. The first-order chi connectivity index (χ1) is 7.51. The fourth-order valence-electron chi connectivity index (χ4n) is 2.33. The lowest BCUT2D eigenvalue weighted by atomic mass is 10.0. The summed E-state index contributed by atoms with van der Waals surface area (Å²) in [5.41, 5.74) is -0.665. The Bertz CT molecular complexity index is 407. The van der Waals surface area contributed by atoms with Crippen molar-refractivity contribution in [1.29, 1.82) is 0 Å². The summed E-state index contributed by atoms with van der Waals surface area (Å²) in [6.07, 6.45) is 1.74. The van der Waals surface area contributed by atoms with Gasteiger partial charge in [0.25, 0.3) is 5.89 Å². The van der Waals surface area contributed by atoms with Crippen LogP contribution in [0.5, 0.6) is 0 Å². The molecule has 2 fully saturated rings. The van der Waals surface area contributed by atoms with Gasteiger partial charge in [0, 0.05) is 12.5 Å². The SMILES string of the molecule is CC1(C)CC1c1noc(C2(O)CCNC2)n1. The molecule has 2 unspecified atom stereocenters. The summed E-state index contributed by atoms with van der Waals surface area (Å²) in [6, 6.07) is 0. The standard InChI is InChI=1S/C11H17N3O2/c1-10(2)5-7(10)8-13-9(16-14-8)11(15)3-4-12-6-11/h7,12,15H,3-6H2,1-2H3. The molecule has 5 heteroatoms.